The molecule has 31 heavy (non-hydrogen) atoms. The molecular weight excluding hydrogens is 396 g/mol. The minimum Gasteiger partial charge on any atom is -0.469 e. The van der Waals surface area contributed by atoms with E-state index in [0.29, 0.717) is 30.6 Å². The maximum atomic E-state index is 12.7. The molecule has 0 aromatic heterocycles. The SMILES string of the molecule is COC(=O)C1CCN(C(=O)/C=C/c2cccc([N+](=O)[O-])c2-c2ccccc2C(C)C)C1. The van der Waals surface area contributed by atoms with E-state index in [0.717, 1.165) is 11.1 Å². The maximum Gasteiger partial charge on any atom is 0.310 e. The molecule has 2 aromatic rings. The van der Waals surface area contributed by atoms with Crippen molar-refractivity contribution in [2.24, 2.45) is 5.92 Å². The monoisotopic (exact) mass is 422 g/mol. The summed E-state index contributed by atoms with van der Waals surface area (Å²) in [5.74, 6) is -0.686. The zero-order valence-corrected chi connectivity index (χ0v) is 17.9. The van der Waals surface area contributed by atoms with Gasteiger partial charge in [0.2, 0.25) is 5.91 Å². The Morgan fingerprint density at radius 1 is 1.19 bits per heavy atom. The first-order valence-electron chi connectivity index (χ1n) is 10.2. The van der Waals surface area contributed by atoms with Gasteiger partial charge in [-0.25, -0.2) is 0 Å². The number of likely N-dealkylation sites (tertiary alicyclic amines) is 1. The number of carbonyl (C=O) groups excluding carboxylic acids is 2. The number of ether oxygens (including phenoxy) is 1. The Morgan fingerprint density at radius 2 is 1.94 bits per heavy atom. The fourth-order valence-electron chi connectivity index (χ4n) is 3.96. The van der Waals surface area contributed by atoms with Crippen molar-refractivity contribution < 1.29 is 19.2 Å². The van der Waals surface area contributed by atoms with E-state index < -0.39 is 4.92 Å². The number of esters is 1. The number of benzene rings is 2. The Hall–Kier alpha value is -3.48. The molecule has 1 saturated heterocycles. The lowest BCUT2D eigenvalue weighted by Gasteiger charge is -2.16. The van der Waals surface area contributed by atoms with Crippen LogP contribution >= 0.6 is 0 Å². The first kappa shape index (κ1) is 22.2. The van der Waals surface area contributed by atoms with Crippen molar-refractivity contribution >= 4 is 23.6 Å². The molecule has 1 aliphatic heterocycles. The summed E-state index contributed by atoms with van der Waals surface area (Å²) in [5, 5.41) is 11.8. The number of rotatable bonds is 6. The molecule has 162 valence electrons. The van der Waals surface area contributed by atoms with Gasteiger partial charge in [0.15, 0.2) is 0 Å². The van der Waals surface area contributed by atoms with Gasteiger partial charge >= 0.3 is 5.97 Å². The largest absolute Gasteiger partial charge is 0.469 e. The van der Waals surface area contributed by atoms with Gasteiger partial charge in [0, 0.05) is 25.2 Å². The van der Waals surface area contributed by atoms with E-state index in [1.54, 1.807) is 23.1 Å². The van der Waals surface area contributed by atoms with Crippen molar-refractivity contribution in [1.82, 2.24) is 4.90 Å². The summed E-state index contributed by atoms with van der Waals surface area (Å²) in [6.45, 7) is 4.87. The van der Waals surface area contributed by atoms with E-state index in [9.17, 15) is 19.7 Å². The molecule has 1 unspecified atom stereocenters. The molecule has 2 aromatic carbocycles. The van der Waals surface area contributed by atoms with Gasteiger partial charge in [-0.3, -0.25) is 19.7 Å². The third-order valence-corrected chi connectivity index (χ3v) is 5.56. The van der Waals surface area contributed by atoms with Gasteiger partial charge in [-0.15, -0.1) is 0 Å². The Balaban J connectivity index is 1.96. The summed E-state index contributed by atoms with van der Waals surface area (Å²) in [7, 11) is 1.34. The van der Waals surface area contributed by atoms with Crippen molar-refractivity contribution in [3.8, 4) is 11.1 Å². The molecular formula is C24H26N2O5. The lowest BCUT2D eigenvalue weighted by Crippen LogP contribution is -2.28. The molecule has 0 spiro atoms. The highest BCUT2D eigenvalue weighted by molar-refractivity contribution is 5.95. The number of carbonyl (C=O) groups is 2. The standard InChI is InChI=1S/C24H26N2O5/c1-16(2)19-8-4-5-9-20(19)23-17(7-6-10-21(23)26(29)30)11-12-22(27)25-14-13-18(15-25)24(28)31-3/h4-12,16,18H,13-15H2,1-3H3/b12-11+. The molecule has 0 saturated carbocycles. The van der Waals surface area contributed by atoms with E-state index in [-0.39, 0.29) is 29.4 Å². The van der Waals surface area contributed by atoms with Gasteiger partial charge in [0.1, 0.15) is 0 Å². The molecule has 1 atom stereocenters. The van der Waals surface area contributed by atoms with Crippen molar-refractivity contribution in [2.45, 2.75) is 26.2 Å². The second kappa shape index (κ2) is 9.55. The first-order chi connectivity index (χ1) is 14.8. The lowest BCUT2D eigenvalue weighted by atomic mass is 9.89. The van der Waals surface area contributed by atoms with E-state index in [1.807, 2.05) is 38.1 Å². The van der Waals surface area contributed by atoms with Crippen molar-refractivity contribution in [1.29, 1.82) is 0 Å². The van der Waals surface area contributed by atoms with Crippen molar-refractivity contribution in [3.05, 3.63) is 69.8 Å². The predicted octanol–water partition coefficient (Wildman–Crippen LogP) is 4.42. The number of methoxy groups -OCH3 is 1. The minimum atomic E-state index is -0.396. The summed E-state index contributed by atoms with van der Waals surface area (Å²) < 4.78 is 4.76. The third-order valence-electron chi connectivity index (χ3n) is 5.56. The van der Waals surface area contributed by atoms with E-state index in [4.69, 9.17) is 4.74 Å². The molecule has 0 bridgehead atoms. The van der Waals surface area contributed by atoms with Crippen LogP contribution in [-0.2, 0) is 14.3 Å². The fraction of sp³-hybridized carbons (Fsp3) is 0.333. The van der Waals surface area contributed by atoms with Crippen LogP contribution in [0.25, 0.3) is 17.2 Å². The van der Waals surface area contributed by atoms with Gasteiger partial charge in [-0.1, -0.05) is 50.2 Å². The molecule has 1 heterocycles. The summed E-state index contributed by atoms with van der Waals surface area (Å²) in [4.78, 5) is 37.3. The highest BCUT2D eigenvalue weighted by Gasteiger charge is 2.31. The first-order valence-corrected chi connectivity index (χ1v) is 10.2. The lowest BCUT2D eigenvalue weighted by molar-refractivity contribution is -0.384. The topological polar surface area (TPSA) is 89.8 Å². The number of amides is 1. The number of nitro benzene ring substituents is 1. The number of hydrogen-bond acceptors (Lipinski definition) is 5. The number of nitrogens with zero attached hydrogens (tertiary/aromatic N) is 2. The molecule has 7 heteroatoms. The normalized spacial score (nSPS) is 16.1. The van der Waals surface area contributed by atoms with Gasteiger partial charge in [0.05, 0.1) is 23.5 Å². The summed E-state index contributed by atoms with van der Waals surface area (Å²) in [6.07, 6.45) is 3.60. The highest BCUT2D eigenvalue weighted by Crippen LogP contribution is 2.38. The Labute approximate surface area is 181 Å². The third kappa shape index (κ3) is 4.82. The summed E-state index contributed by atoms with van der Waals surface area (Å²) >= 11 is 0. The van der Waals surface area contributed by atoms with E-state index in [1.165, 1.54) is 19.3 Å². The highest BCUT2D eigenvalue weighted by atomic mass is 16.6. The Bertz CT molecular complexity index is 1030. The Kier molecular flexibility index (Phi) is 6.84. The van der Waals surface area contributed by atoms with Gasteiger partial charge in [0.25, 0.3) is 5.69 Å². The van der Waals surface area contributed by atoms with Crippen LogP contribution < -0.4 is 0 Å². The van der Waals surface area contributed by atoms with Gasteiger partial charge in [-0.05, 0) is 35.1 Å². The predicted molar refractivity (Wildman–Crippen MR) is 118 cm³/mol. The second-order valence-corrected chi connectivity index (χ2v) is 7.87. The van der Waals surface area contributed by atoms with Crippen LogP contribution in [0.4, 0.5) is 5.69 Å². The maximum absolute atomic E-state index is 12.7. The van der Waals surface area contributed by atoms with Crippen LogP contribution in [0.3, 0.4) is 0 Å². The summed E-state index contributed by atoms with van der Waals surface area (Å²) in [5.41, 5.74) is 2.87. The molecule has 0 aliphatic carbocycles. The zero-order chi connectivity index (χ0) is 22.5. The second-order valence-electron chi connectivity index (χ2n) is 7.87. The van der Waals surface area contributed by atoms with Gasteiger partial charge < -0.3 is 9.64 Å². The molecule has 7 nitrogen and oxygen atoms in total. The molecule has 3 rings (SSSR count). The molecule has 0 N–H and O–H groups in total. The fourth-order valence-corrected chi connectivity index (χ4v) is 3.96. The molecule has 1 amide bonds. The van der Waals surface area contributed by atoms with Crippen LogP contribution in [0.2, 0.25) is 0 Å². The van der Waals surface area contributed by atoms with Crippen molar-refractivity contribution in [2.75, 3.05) is 20.2 Å². The Morgan fingerprint density at radius 3 is 2.61 bits per heavy atom. The smallest absolute Gasteiger partial charge is 0.310 e. The van der Waals surface area contributed by atoms with Crippen LogP contribution in [0, 0.1) is 16.0 Å². The van der Waals surface area contributed by atoms with E-state index in [2.05, 4.69) is 0 Å². The number of nitro groups is 1. The molecule has 1 aliphatic rings. The van der Waals surface area contributed by atoms with E-state index >= 15 is 0 Å². The van der Waals surface area contributed by atoms with Crippen LogP contribution in [0.15, 0.2) is 48.5 Å². The number of hydrogen-bond donors (Lipinski definition) is 0. The molecule has 0 radical (unpaired) electrons. The van der Waals surface area contributed by atoms with Crippen molar-refractivity contribution in [3.63, 3.8) is 0 Å². The zero-order valence-electron chi connectivity index (χ0n) is 17.9. The van der Waals surface area contributed by atoms with Crippen LogP contribution in [0.1, 0.15) is 37.3 Å². The summed E-state index contributed by atoms with van der Waals surface area (Å²) in [6, 6.07) is 12.5. The minimum absolute atomic E-state index is 0.00498. The van der Waals surface area contributed by atoms with Gasteiger partial charge in [-0.2, -0.15) is 0 Å². The molecule has 1 fully saturated rings. The average molecular weight is 422 g/mol. The van der Waals surface area contributed by atoms with Crippen LogP contribution in [-0.4, -0.2) is 41.9 Å². The van der Waals surface area contributed by atoms with Crippen LogP contribution in [0.5, 0.6) is 0 Å². The average Bonchev–Trinajstić information content (AvgIpc) is 3.27. The quantitative estimate of drug-likeness (QED) is 0.297.